The van der Waals surface area contributed by atoms with Crippen molar-refractivity contribution in [2.24, 2.45) is 0 Å². The molecule has 58 heavy (non-hydrogen) atoms. The van der Waals surface area contributed by atoms with Gasteiger partial charge < -0.3 is 0 Å². The van der Waals surface area contributed by atoms with Crippen molar-refractivity contribution in [2.75, 3.05) is 0 Å². The maximum absolute atomic E-state index is 5.38. The van der Waals surface area contributed by atoms with Gasteiger partial charge in [-0.2, -0.15) is 0 Å². The van der Waals surface area contributed by atoms with Crippen LogP contribution in [-0.4, -0.2) is 19.5 Å². The minimum absolute atomic E-state index is 0.869. The first-order chi connectivity index (χ1) is 28.6. The summed E-state index contributed by atoms with van der Waals surface area (Å²) in [5.74, 6) is 0.869. The van der Waals surface area contributed by atoms with Crippen molar-refractivity contribution in [2.45, 2.75) is 6.92 Å². The molecule has 3 heterocycles. The molecular formula is C54H38N4. The largest absolute Gasteiger partial charge is 0.292 e. The number of imidazole rings is 1. The van der Waals surface area contributed by atoms with Gasteiger partial charge in [0.25, 0.3) is 0 Å². The molecule has 3 aromatic heterocycles. The lowest BCUT2D eigenvalue weighted by Crippen LogP contribution is -2.21. The number of benzene rings is 7. The molecule has 0 bridgehead atoms. The molecule has 0 aliphatic rings. The molecule has 0 atom stereocenters. The number of para-hydroxylation sites is 5. The maximum atomic E-state index is 5.38. The zero-order valence-electron chi connectivity index (χ0n) is 32.0. The van der Waals surface area contributed by atoms with E-state index in [-0.39, 0.29) is 0 Å². The highest BCUT2D eigenvalue weighted by Crippen LogP contribution is 2.39. The fourth-order valence-electron chi connectivity index (χ4n) is 7.95. The van der Waals surface area contributed by atoms with Crippen molar-refractivity contribution in [3.8, 4) is 50.5 Å². The average Bonchev–Trinajstić information content (AvgIpc) is 3.68. The predicted molar refractivity (Wildman–Crippen MR) is 243 cm³/mol. The van der Waals surface area contributed by atoms with Gasteiger partial charge in [-0.05, 0) is 130 Å². The standard InChI is InChI=1S/C54H38N4/c1-3-37(27-38-16-8-7-15-36(38)2)48-26-25-39(33-49(48)54-57-52-23-13-14-24-53(52)58(54)47-19-5-4-6-20-47)42-30-43(45-28-40-17-9-11-21-50(40)55-34-45)32-44(31-42)46-29-41-18-10-12-22-51(41)56-35-46/h3-35H,2H2,1H3/b37-3+,38-27-. The molecule has 0 saturated heterocycles. The van der Waals surface area contributed by atoms with E-state index in [1.807, 2.05) is 30.6 Å². The molecule has 0 amide bonds. The minimum atomic E-state index is 0.869. The number of hydrogen-bond donors (Lipinski definition) is 0. The van der Waals surface area contributed by atoms with E-state index in [1.54, 1.807) is 0 Å². The molecule has 0 unspecified atom stereocenters. The Morgan fingerprint density at radius 3 is 1.74 bits per heavy atom. The van der Waals surface area contributed by atoms with E-state index >= 15 is 0 Å². The molecule has 0 fully saturated rings. The van der Waals surface area contributed by atoms with E-state index in [2.05, 4.69) is 188 Å². The van der Waals surface area contributed by atoms with Crippen LogP contribution in [0.2, 0.25) is 0 Å². The van der Waals surface area contributed by atoms with E-state index in [0.29, 0.717) is 0 Å². The quantitative estimate of drug-likeness (QED) is 0.163. The second-order valence-corrected chi connectivity index (χ2v) is 14.6. The Hall–Kier alpha value is -7.69. The van der Waals surface area contributed by atoms with Gasteiger partial charge in [-0.3, -0.25) is 14.5 Å². The molecule has 0 saturated carbocycles. The molecule has 0 aliphatic carbocycles. The van der Waals surface area contributed by atoms with E-state index in [1.165, 1.54) is 0 Å². The van der Waals surface area contributed by atoms with Crippen molar-refractivity contribution >= 4 is 51.1 Å². The van der Waals surface area contributed by atoms with Crippen molar-refractivity contribution in [1.29, 1.82) is 0 Å². The third-order valence-electron chi connectivity index (χ3n) is 10.9. The van der Waals surface area contributed by atoms with Crippen LogP contribution < -0.4 is 10.4 Å². The summed E-state index contributed by atoms with van der Waals surface area (Å²) in [6.07, 6.45) is 8.37. The molecule has 10 aromatic rings. The van der Waals surface area contributed by atoms with Crippen molar-refractivity contribution in [3.63, 3.8) is 0 Å². The van der Waals surface area contributed by atoms with Crippen molar-refractivity contribution < 1.29 is 0 Å². The third kappa shape index (κ3) is 6.47. The Balaban J connectivity index is 1.23. The summed E-state index contributed by atoms with van der Waals surface area (Å²) in [6.45, 7) is 6.43. The van der Waals surface area contributed by atoms with Crippen molar-refractivity contribution in [3.05, 3.63) is 210 Å². The lowest BCUT2D eigenvalue weighted by molar-refractivity contribution is 1.10. The zero-order valence-corrected chi connectivity index (χ0v) is 32.0. The summed E-state index contributed by atoms with van der Waals surface area (Å²) in [5, 5.41) is 4.26. The molecule has 0 radical (unpaired) electrons. The molecular weight excluding hydrogens is 705 g/mol. The van der Waals surface area contributed by atoms with E-state index in [4.69, 9.17) is 15.0 Å². The summed E-state index contributed by atoms with van der Waals surface area (Å²) in [6, 6.07) is 61.8. The van der Waals surface area contributed by atoms with Crippen molar-refractivity contribution in [1.82, 2.24) is 19.5 Å². The Morgan fingerprint density at radius 2 is 1.09 bits per heavy atom. The number of pyridine rings is 2. The van der Waals surface area contributed by atoms with E-state index < -0.39 is 0 Å². The van der Waals surface area contributed by atoms with E-state index in [0.717, 1.165) is 105 Å². The van der Waals surface area contributed by atoms with Crippen LogP contribution >= 0.6 is 0 Å². The molecule has 274 valence electrons. The summed E-state index contributed by atoms with van der Waals surface area (Å²) < 4.78 is 2.28. The van der Waals surface area contributed by atoms with Crippen LogP contribution in [0.25, 0.3) is 102 Å². The Morgan fingerprint density at radius 1 is 0.517 bits per heavy atom. The molecule has 0 spiro atoms. The van der Waals surface area contributed by atoms with Gasteiger partial charge in [0, 0.05) is 45.5 Å². The number of nitrogens with zero attached hydrogens (tertiary/aromatic N) is 4. The summed E-state index contributed by atoms with van der Waals surface area (Å²) >= 11 is 0. The maximum Gasteiger partial charge on any atom is 0.146 e. The van der Waals surface area contributed by atoms with Crippen LogP contribution in [0.5, 0.6) is 0 Å². The second kappa shape index (κ2) is 14.8. The number of hydrogen-bond acceptors (Lipinski definition) is 3. The summed E-state index contributed by atoms with van der Waals surface area (Å²) in [4.78, 5) is 15.1. The fraction of sp³-hybridized carbons (Fsp3) is 0.0185. The molecule has 10 rings (SSSR count). The Labute approximate surface area is 337 Å². The molecule has 4 heteroatoms. The van der Waals surface area contributed by atoms with Crippen LogP contribution in [0.1, 0.15) is 12.5 Å². The first kappa shape index (κ1) is 34.8. The topological polar surface area (TPSA) is 43.6 Å². The van der Waals surface area contributed by atoms with Gasteiger partial charge >= 0.3 is 0 Å². The minimum Gasteiger partial charge on any atom is -0.292 e. The molecule has 4 nitrogen and oxygen atoms in total. The van der Waals surface area contributed by atoms with Crippen LogP contribution in [0.15, 0.2) is 194 Å². The fourth-order valence-corrected chi connectivity index (χ4v) is 7.95. The number of allylic oxidation sites excluding steroid dienone is 2. The van der Waals surface area contributed by atoms with Gasteiger partial charge in [-0.1, -0.05) is 116 Å². The van der Waals surface area contributed by atoms with Gasteiger partial charge in [0.15, 0.2) is 0 Å². The molecule has 7 aromatic carbocycles. The SMILES string of the molecule is C=c1cccc/c1=C/C(=C\C)c1ccc(-c2cc(-c3cnc4ccccc4c3)cc(-c3cnc4ccccc4c3)c2)cc1-c1nc2ccccc2n1-c1ccccc1. The number of aromatic nitrogens is 4. The highest BCUT2D eigenvalue weighted by molar-refractivity contribution is 5.97. The Kier molecular flexibility index (Phi) is 8.85. The predicted octanol–water partition coefficient (Wildman–Crippen LogP) is 12.1. The van der Waals surface area contributed by atoms with Gasteiger partial charge in [0.1, 0.15) is 5.82 Å². The normalized spacial score (nSPS) is 12.2. The highest BCUT2D eigenvalue weighted by Gasteiger charge is 2.20. The monoisotopic (exact) mass is 742 g/mol. The van der Waals surface area contributed by atoms with Gasteiger partial charge in [0.05, 0.1) is 22.1 Å². The lowest BCUT2D eigenvalue weighted by atomic mass is 9.90. The summed E-state index contributed by atoms with van der Waals surface area (Å²) in [5.41, 5.74) is 14.6. The Bertz CT molecular complexity index is 3220. The first-order valence-corrected chi connectivity index (χ1v) is 19.6. The van der Waals surface area contributed by atoms with Gasteiger partial charge in [0.2, 0.25) is 0 Å². The van der Waals surface area contributed by atoms with E-state index in [9.17, 15) is 0 Å². The zero-order chi connectivity index (χ0) is 39.0. The molecule has 0 N–H and O–H groups in total. The third-order valence-corrected chi connectivity index (χ3v) is 10.9. The first-order valence-electron chi connectivity index (χ1n) is 19.6. The van der Waals surface area contributed by atoms with Gasteiger partial charge in [-0.25, -0.2) is 4.98 Å². The van der Waals surface area contributed by atoms with Gasteiger partial charge in [-0.15, -0.1) is 0 Å². The van der Waals surface area contributed by atoms with Crippen LogP contribution in [0.4, 0.5) is 0 Å². The average molecular weight is 743 g/mol. The smallest absolute Gasteiger partial charge is 0.146 e. The number of rotatable bonds is 7. The second-order valence-electron chi connectivity index (χ2n) is 14.6. The number of fused-ring (bicyclic) bond motifs is 3. The van der Waals surface area contributed by atoms with Crippen LogP contribution in [0, 0.1) is 0 Å². The van der Waals surface area contributed by atoms with Crippen LogP contribution in [-0.2, 0) is 0 Å². The van der Waals surface area contributed by atoms with Crippen LogP contribution in [0.3, 0.4) is 0 Å². The highest BCUT2D eigenvalue weighted by atomic mass is 15.1. The molecule has 0 aliphatic heterocycles. The summed E-state index contributed by atoms with van der Waals surface area (Å²) in [7, 11) is 0. The lowest BCUT2D eigenvalue weighted by Gasteiger charge is -2.17.